The largest absolute Gasteiger partial charge is 0.481 e. The number of anilines is 1. The highest BCUT2D eigenvalue weighted by Crippen LogP contribution is 2.15. The van der Waals surface area contributed by atoms with Crippen LogP contribution in [0.15, 0.2) is 18.2 Å². The number of carbonyl (C=O) groups excluding carboxylic acids is 3. The number of hydrogen-bond donors (Lipinski definition) is 4. The van der Waals surface area contributed by atoms with E-state index in [-0.39, 0.29) is 16.8 Å². The van der Waals surface area contributed by atoms with Crippen molar-refractivity contribution in [3.63, 3.8) is 0 Å². The quantitative estimate of drug-likeness (QED) is 0.518. The number of primary amides is 2. The van der Waals surface area contributed by atoms with Gasteiger partial charge in [0.15, 0.2) is 0 Å². The third kappa shape index (κ3) is 4.11. The molecule has 3 amide bonds. The van der Waals surface area contributed by atoms with Gasteiger partial charge < -0.3 is 21.9 Å². The maximum atomic E-state index is 11.3. The predicted octanol–water partition coefficient (Wildman–Crippen LogP) is -0.702. The zero-order valence-corrected chi connectivity index (χ0v) is 9.67. The Balaban J connectivity index is 3.06. The molecule has 19 heavy (non-hydrogen) atoms. The Hall–Kier alpha value is -2.90. The van der Waals surface area contributed by atoms with Crippen LogP contribution >= 0.6 is 0 Å². The van der Waals surface area contributed by atoms with Gasteiger partial charge >= 0.3 is 5.97 Å². The maximum absolute atomic E-state index is 11.3. The third-order valence-corrected chi connectivity index (χ3v) is 2.10. The average molecular weight is 265 g/mol. The summed E-state index contributed by atoms with van der Waals surface area (Å²) in [6.07, 6.45) is -0.743. The smallest absolute Gasteiger partial charge is 0.312 e. The standard InChI is InChI=1S/C11H11N3O5/c12-10(18)5-1-6(11(13)19)3-7(2-5)14-8(15)4-9(16)17/h1-3H,4H2,(H2,12,18)(H2,13,19)(H,14,15)(H,16,17). The number of carboxylic acid groups (broad SMARTS) is 1. The minimum Gasteiger partial charge on any atom is -0.481 e. The van der Waals surface area contributed by atoms with Gasteiger partial charge in [0.1, 0.15) is 6.42 Å². The Morgan fingerprint density at radius 3 is 1.84 bits per heavy atom. The molecule has 0 atom stereocenters. The first-order chi connectivity index (χ1) is 8.79. The molecule has 0 aliphatic heterocycles. The van der Waals surface area contributed by atoms with Gasteiger partial charge in [-0.25, -0.2) is 0 Å². The van der Waals surface area contributed by atoms with Gasteiger partial charge in [0.2, 0.25) is 17.7 Å². The number of carbonyl (C=O) groups is 4. The van der Waals surface area contributed by atoms with Crippen molar-refractivity contribution in [1.29, 1.82) is 0 Å². The second-order valence-electron chi connectivity index (χ2n) is 3.65. The van der Waals surface area contributed by atoms with Crippen LogP contribution in [0.5, 0.6) is 0 Å². The van der Waals surface area contributed by atoms with Crippen molar-refractivity contribution in [3.8, 4) is 0 Å². The Morgan fingerprint density at radius 2 is 1.47 bits per heavy atom. The average Bonchev–Trinajstić information content (AvgIpc) is 2.26. The molecular weight excluding hydrogens is 254 g/mol. The lowest BCUT2D eigenvalue weighted by molar-refractivity contribution is -0.139. The fourth-order valence-corrected chi connectivity index (χ4v) is 1.33. The van der Waals surface area contributed by atoms with Gasteiger partial charge in [-0.1, -0.05) is 0 Å². The van der Waals surface area contributed by atoms with Crippen LogP contribution in [0.3, 0.4) is 0 Å². The minimum atomic E-state index is -1.31. The van der Waals surface area contributed by atoms with E-state index in [1.54, 1.807) is 0 Å². The highest BCUT2D eigenvalue weighted by Gasteiger charge is 2.12. The van der Waals surface area contributed by atoms with E-state index < -0.39 is 30.1 Å². The van der Waals surface area contributed by atoms with Crippen molar-refractivity contribution in [2.24, 2.45) is 11.5 Å². The summed E-state index contributed by atoms with van der Waals surface area (Å²) in [6.45, 7) is 0. The number of carboxylic acids is 1. The molecular formula is C11H11N3O5. The first kappa shape index (κ1) is 14.2. The van der Waals surface area contributed by atoms with Crippen molar-refractivity contribution < 1.29 is 24.3 Å². The summed E-state index contributed by atoms with van der Waals surface area (Å²) in [7, 11) is 0. The van der Waals surface area contributed by atoms with E-state index in [0.717, 1.165) is 0 Å². The van der Waals surface area contributed by atoms with Gasteiger partial charge in [0, 0.05) is 16.8 Å². The Bertz CT molecular complexity index is 535. The first-order valence-electron chi connectivity index (χ1n) is 5.06. The van der Waals surface area contributed by atoms with Gasteiger partial charge in [0.25, 0.3) is 0 Å². The molecule has 0 heterocycles. The second-order valence-corrected chi connectivity index (χ2v) is 3.65. The molecule has 8 heteroatoms. The zero-order valence-electron chi connectivity index (χ0n) is 9.67. The third-order valence-electron chi connectivity index (χ3n) is 2.10. The van der Waals surface area contributed by atoms with Crippen LogP contribution in [0.25, 0.3) is 0 Å². The lowest BCUT2D eigenvalue weighted by atomic mass is 10.1. The molecule has 100 valence electrons. The molecule has 0 saturated carbocycles. The van der Waals surface area contributed by atoms with Crippen molar-refractivity contribution in [2.45, 2.75) is 6.42 Å². The number of nitrogens with two attached hydrogens (primary N) is 2. The zero-order chi connectivity index (χ0) is 14.6. The molecule has 0 spiro atoms. The molecule has 1 aromatic carbocycles. The molecule has 0 fully saturated rings. The van der Waals surface area contributed by atoms with Crippen LogP contribution < -0.4 is 16.8 Å². The van der Waals surface area contributed by atoms with Crippen LogP contribution in [-0.4, -0.2) is 28.8 Å². The molecule has 6 N–H and O–H groups in total. The number of rotatable bonds is 5. The normalized spacial score (nSPS) is 9.68. The van der Waals surface area contributed by atoms with E-state index in [1.165, 1.54) is 18.2 Å². The van der Waals surface area contributed by atoms with E-state index in [1.807, 2.05) is 0 Å². The fraction of sp³-hybridized carbons (Fsp3) is 0.0909. The van der Waals surface area contributed by atoms with E-state index in [2.05, 4.69) is 5.32 Å². The molecule has 0 aliphatic rings. The SMILES string of the molecule is NC(=O)c1cc(NC(=O)CC(=O)O)cc(C(N)=O)c1. The summed E-state index contributed by atoms with van der Waals surface area (Å²) in [5.74, 6) is -3.73. The van der Waals surface area contributed by atoms with Gasteiger partial charge in [0.05, 0.1) is 0 Å². The van der Waals surface area contributed by atoms with Crippen molar-refractivity contribution >= 4 is 29.4 Å². The summed E-state index contributed by atoms with van der Waals surface area (Å²) in [5.41, 5.74) is 10.1. The highest BCUT2D eigenvalue weighted by atomic mass is 16.4. The van der Waals surface area contributed by atoms with Crippen LogP contribution in [-0.2, 0) is 9.59 Å². The van der Waals surface area contributed by atoms with Crippen LogP contribution in [0.1, 0.15) is 27.1 Å². The van der Waals surface area contributed by atoms with Crippen molar-refractivity contribution in [3.05, 3.63) is 29.3 Å². The van der Waals surface area contributed by atoms with Crippen molar-refractivity contribution in [2.75, 3.05) is 5.32 Å². The molecule has 0 radical (unpaired) electrons. The fourth-order valence-electron chi connectivity index (χ4n) is 1.33. The number of amides is 3. The van der Waals surface area contributed by atoms with Crippen LogP contribution in [0.2, 0.25) is 0 Å². The second kappa shape index (κ2) is 5.63. The van der Waals surface area contributed by atoms with E-state index >= 15 is 0 Å². The van der Waals surface area contributed by atoms with Crippen LogP contribution in [0.4, 0.5) is 5.69 Å². The number of hydrogen-bond acceptors (Lipinski definition) is 4. The molecule has 1 aromatic rings. The summed E-state index contributed by atoms with van der Waals surface area (Å²) in [6, 6.07) is 3.61. The van der Waals surface area contributed by atoms with E-state index in [0.29, 0.717) is 0 Å². The Morgan fingerprint density at radius 1 is 1.00 bits per heavy atom. The molecule has 1 rings (SSSR count). The van der Waals surface area contributed by atoms with Crippen LogP contribution in [0, 0.1) is 0 Å². The summed E-state index contributed by atoms with van der Waals surface area (Å²) < 4.78 is 0. The Kier molecular flexibility index (Phi) is 4.19. The topological polar surface area (TPSA) is 153 Å². The summed E-state index contributed by atoms with van der Waals surface area (Å²) in [5, 5.41) is 10.7. The Labute approximate surface area is 107 Å². The lowest BCUT2D eigenvalue weighted by Gasteiger charge is -2.07. The maximum Gasteiger partial charge on any atom is 0.312 e. The summed E-state index contributed by atoms with van der Waals surface area (Å²) >= 11 is 0. The minimum absolute atomic E-state index is 0.0260. The van der Waals surface area contributed by atoms with E-state index in [9.17, 15) is 19.2 Å². The molecule has 0 bridgehead atoms. The highest BCUT2D eigenvalue weighted by molar-refractivity contribution is 6.04. The molecule has 8 nitrogen and oxygen atoms in total. The van der Waals surface area contributed by atoms with Gasteiger partial charge in [-0.3, -0.25) is 19.2 Å². The molecule has 0 unspecified atom stereocenters. The number of aliphatic carboxylic acids is 1. The summed E-state index contributed by atoms with van der Waals surface area (Å²) in [4.78, 5) is 43.7. The molecule has 0 saturated heterocycles. The predicted molar refractivity (Wildman–Crippen MR) is 64.4 cm³/mol. The van der Waals surface area contributed by atoms with Gasteiger partial charge in [-0.05, 0) is 18.2 Å². The van der Waals surface area contributed by atoms with Crippen molar-refractivity contribution in [1.82, 2.24) is 0 Å². The van der Waals surface area contributed by atoms with Gasteiger partial charge in [-0.2, -0.15) is 0 Å². The van der Waals surface area contributed by atoms with Gasteiger partial charge in [-0.15, -0.1) is 0 Å². The lowest BCUT2D eigenvalue weighted by Crippen LogP contribution is -2.19. The molecule has 0 aliphatic carbocycles. The number of benzene rings is 1. The first-order valence-corrected chi connectivity index (χ1v) is 5.06. The monoisotopic (exact) mass is 265 g/mol. The molecule has 0 aromatic heterocycles. The number of nitrogens with one attached hydrogen (secondary N) is 1. The van der Waals surface area contributed by atoms with E-state index in [4.69, 9.17) is 16.6 Å².